The Labute approximate surface area is 139 Å². The first-order chi connectivity index (χ1) is 10.8. The van der Waals surface area contributed by atoms with Gasteiger partial charge in [0.1, 0.15) is 5.15 Å². The summed E-state index contributed by atoms with van der Waals surface area (Å²) in [5.41, 5.74) is 0.0869. The van der Waals surface area contributed by atoms with Gasteiger partial charge >= 0.3 is 5.97 Å². The second kappa shape index (κ2) is 7.24. The van der Waals surface area contributed by atoms with Crippen molar-refractivity contribution in [2.24, 2.45) is 0 Å². The number of amides is 1. The minimum atomic E-state index is -3.25. The van der Waals surface area contributed by atoms with Crippen LogP contribution in [0.15, 0.2) is 18.3 Å². The Balaban J connectivity index is 1.84. The van der Waals surface area contributed by atoms with E-state index in [1.54, 1.807) is 0 Å². The number of nitrogens with zero attached hydrogens (tertiary/aromatic N) is 3. The lowest BCUT2D eigenvalue weighted by Gasteiger charge is -2.33. The number of esters is 1. The van der Waals surface area contributed by atoms with Gasteiger partial charge in [0.15, 0.2) is 6.61 Å². The second-order valence-corrected chi connectivity index (χ2v) is 7.30. The number of piperazine rings is 1. The molecule has 0 bridgehead atoms. The van der Waals surface area contributed by atoms with Gasteiger partial charge in [-0.2, -0.15) is 4.31 Å². The number of rotatable bonds is 4. The van der Waals surface area contributed by atoms with E-state index in [-0.39, 0.29) is 42.8 Å². The maximum atomic E-state index is 12.0. The molecule has 1 aliphatic rings. The third-order valence-corrected chi connectivity index (χ3v) is 4.97. The molecule has 0 saturated carbocycles. The van der Waals surface area contributed by atoms with Gasteiger partial charge in [-0.25, -0.2) is 18.2 Å². The van der Waals surface area contributed by atoms with Gasteiger partial charge in [-0.05, 0) is 12.1 Å². The molecule has 1 aromatic rings. The smallest absolute Gasteiger partial charge is 0.341 e. The SMILES string of the molecule is CS(=O)(=O)N1CCN(C(=O)COC(=O)c2cccnc2Cl)CC1. The number of pyridine rings is 1. The zero-order valence-electron chi connectivity index (χ0n) is 12.4. The average molecular weight is 362 g/mol. The molecule has 23 heavy (non-hydrogen) atoms. The number of aromatic nitrogens is 1. The fourth-order valence-corrected chi connectivity index (χ4v) is 3.13. The van der Waals surface area contributed by atoms with Crippen LogP contribution in [-0.2, 0) is 19.6 Å². The molecule has 1 saturated heterocycles. The normalized spacial score (nSPS) is 16.2. The van der Waals surface area contributed by atoms with Gasteiger partial charge in [-0.15, -0.1) is 0 Å². The first-order valence-electron chi connectivity index (χ1n) is 6.79. The number of hydrogen-bond acceptors (Lipinski definition) is 6. The predicted molar refractivity (Wildman–Crippen MR) is 82.5 cm³/mol. The largest absolute Gasteiger partial charge is 0.452 e. The van der Waals surface area contributed by atoms with Crippen molar-refractivity contribution in [3.8, 4) is 0 Å². The Morgan fingerprint density at radius 1 is 1.30 bits per heavy atom. The molecule has 1 aromatic heterocycles. The summed E-state index contributed by atoms with van der Waals surface area (Å²) in [6.07, 6.45) is 2.56. The minimum Gasteiger partial charge on any atom is -0.452 e. The van der Waals surface area contributed by atoms with Crippen molar-refractivity contribution in [1.29, 1.82) is 0 Å². The van der Waals surface area contributed by atoms with E-state index in [9.17, 15) is 18.0 Å². The molecule has 2 rings (SSSR count). The number of ether oxygens (including phenoxy) is 1. The van der Waals surface area contributed by atoms with Crippen molar-refractivity contribution in [3.05, 3.63) is 29.0 Å². The Morgan fingerprint density at radius 2 is 1.96 bits per heavy atom. The number of halogens is 1. The monoisotopic (exact) mass is 361 g/mol. The van der Waals surface area contributed by atoms with E-state index in [0.717, 1.165) is 6.26 Å². The van der Waals surface area contributed by atoms with E-state index < -0.39 is 22.6 Å². The molecule has 2 heterocycles. The highest BCUT2D eigenvalue weighted by molar-refractivity contribution is 7.88. The molecule has 126 valence electrons. The van der Waals surface area contributed by atoms with Crippen molar-refractivity contribution in [2.75, 3.05) is 39.0 Å². The molecular weight excluding hydrogens is 346 g/mol. The van der Waals surface area contributed by atoms with E-state index in [2.05, 4.69) is 4.98 Å². The predicted octanol–water partition coefficient (Wildman–Crippen LogP) is -0.00440. The van der Waals surface area contributed by atoms with E-state index in [1.165, 1.54) is 27.5 Å². The van der Waals surface area contributed by atoms with Crippen LogP contribution in [0.2, 0.25) is 5.15 Å². The van der Waals surface area contributed by atoms with Crippen LogP contribution in [0.1, 0.15) is 10.4 Å². The lowest BCUT2D eigenvalue weighted by atomic mass is 10.3. The lowest BCUT2D eigenvalue weighted by Crippen LogP contribution is -2.51. The van der Waals surface area contributed by atoms with Crippen molar-refractivity contribution in [2.45, 2.75) is 0 Å². The van der Waals surface area contributed by atoms with Crippen LogP contribution in [0.4, 0.5) is 0 Å². The summed E-state index contributed by atoms with van der Waals surface area (Å²) < 4.78 is 29.0. The van der Waals surface area contributed by atoms with Gasteiger partial charge in [-0.3, -0.25) is 4.79 Å². The number of carbonyl (C=O) groups excluding carboxylic acids is 2. The van der Waals surface area contributed by atoms with Crippen molar-refractivity contribution >= 4 is 33.5 Å². The average Bonchev–Trinajstić information content (AvgIpc) is 2.52. The van der Waals surface area contributed by atoms with E-state index in [1.807, 2.05) is 0 Å². The van der Waals surface area contributed by atoms with Gasteiger partial charge in [0.05, 0.1) is 11.8 Å². The summed E-state index contributed by atoms with van der Waals surface area (Å²) in [4.78, 5) is 29.1. The van der Waals surface area contributed by atoms with Crippen LogP contribution in [0.5, 0.6) is 0 Å². The number of hydrogen-bond donors (Lipinski definition) is 0. The highest BCUT2D eigenvalue weighted by Crippen LogP contribution is 2.13. The molecule has 0 atom stereocenters. The van der Waals surface area contributed by atoms with Crippen LogP contribution in [-0.4, -0.2) is 73.5 Å². The van der Waals surface area contributed by atoms with Crippen LogP contribution >= 0.6 is 11.6 Å². The Kier molecular flexibility index (Phi) is 5.55. The topological polar surface area (TPSA) is 96.9 Å². The third-order valence-electron chi connectivity index (χ3n) is 3.37. The van der Waals surface area contributed by atoms with E-state index in [0.29, 0.717) is 0 Å². The van der Waals surface area contributed by atoms with Gasteiger partial charge in [0.2, 0.25) is 10.0 Å². The Hall–Kier alpha value is -1.71. The molecule has 8 nitrogen and oxygen atoms in total. The number of carbonyl (C=O) groups is 2. The molecule has 0 aliphatic carbocycles. The molecule has 0 radical (unpaired) electrons. The fraction of sp³-hybridized carbons (Fsp3) is 0.462. The zero-order chi connectivity index (χ0) is 17.0. The van der Waals surface area contributed by atoms with Crippen molar-refractivity contribution in [3.63, 3.8) is 0 Å². The lowest BCUT2D eigenvalue weighted by molar-refractivity contribution is -0.135. The molecule has 1 aliphatic heterocycles. The Bertz CT molecular complexity index is 701. The summed E-state index contributed by atoms with van der Waals surface area (Å²) in [5, 5.41) is 0.00622. The van der Waals surface area contributed by atoms with Crippen LogP contribution in [0, 0.1) is 0 Å². The van der Waals surface area contributed by atoms with E-state index >= 15 is 0 Å². The molecule has 10 heteroatoms. The van der Waals surface area contributed by atoms with Crippen molar-refractivity contribution < 1.29 is 22.7 Å². The molecular formula is C13H16ClN3O5S. The quantitative estimate of drug-likeness (QED) is 0.553. The summed E-state index contributed by atoms with van der Waals surface area (Å²) in [5.74, 6) is -1.11. The molecule has 0 spiro atoms. The standard InChI is InChI=1S/C13H16ClN3O5S/c1-23(20,21)17-7-5-16(6-8-17)11(18)9-22-13(19)10-3-2-4-15-12(10)14/h2-4H,5-9H2,1H3. The fourth-order valence-electron chi connectivity index (χ4n) is 2.10. The third kappa shape index (κ3) is 4.63. The van der Waals surface area contributed by atoms with Crippen LogP contribution in [0.3, 0.4) is 0 Å². The van der Waals surface area contributed by atoms with Gasteiger partial charge in [0.25, 0.3) is 5.91 Å². The van der Waals surface area contributed by atoms with Gasteiger partial charge < -0.3 is 9.64 Å². The highest BCUT2D eigenvalue weighted by Gasteiger charge is 2.26. The summed E-state index contributed by atoms with van der Waals surface area (Å²) in [6.45, 7) is 0.553. The Morgan fingerprint density at radius 3 is 2.52 bits per heavy atom. The molecule has 1 amide bonds. The summed E-state index contributed by atoms with van der Waals surface area (Å²) in [6, 6.07) is 2.99. The summed E-state index contributed by atoms with van der Waals surface area (Å²) >= 11 is 5.77. The molecule has 0 unspecified atom stereocenters. The molecule has 0 aromatic carbocycles. The molecule has 0 N–H and O–H groups in total. The first kappa shape index (κ1) is 17.6. The first-order valence-corrected chi connectivity index (χ1v) is 9.02. The summed E-state index contributed by atoms with van der Waals surface area (Å²) in [7, 11) is -3.25. The molecule has 1 fully saturated rings. The van der Waals surface area contributed by atoms with Gasteiger partial charge in [0, 0.05) is 32.4 Å². The van der Waals surface area contributed by atoms with Crippen molar-refractivity contribution in [1.82, 2.24) is 14.2 Å². The van der Waals surface area contributed by atoms with Crippen LogP contribution < -0.4 is 0 Å². The maximum absolute atomic E-state index is 12.0. The maximum Gasteiger partial charge on any atom is 0.341 e. The minimum absolute atomic E-state index is 0.00622. The van der Waals surface area contributed by atoms with E-state index in [4.69, 9.17) is 16.3 Å². The zero-order valence-corrected chi connectivity index (χ0v) is 14.0. The number of sulfonamides is 1. The van der Waals surface area contributed by atoms with Crippen LogP contribution in [0.25, 0.3) is 0 Å². The van der Waals surface area contributed by atoms with Gasteiger partial charge in [-0.1, -0.05) is 11.6 Å². The highest BCUT2D eigenvalue weighted by atomic mass is 35.5. The second-order valence-electron chi connectivity index (χ2n) is 4.96.